The third-order valence-electron chi connectivity index (χ3n) is 5.63. The molecular weight excluding hydrogens is 373 g/mol. The number of rotatable bonds is 4. The largest absolute Gasteiger partial charge is 0.507 e. The lowest BCUT2D eigenvalue weighted by atomic mass is 9.95. The SMILES string of the molecule is O=C1c2[nH]nc(-c3ccccc3O)c2C(c2ccc(F)cc2)N1CC1CCCO1. The number of H-pyrrole nitrogens is 1. The van der Waals surface area contributed by atoms with Gasteiger partial charge < -0.3 is 14.7 Å². The average molecular weight is 393 g/mol. The Balaban J connectivity index is 1.64. The zero-order chi connectivity index (χ0) is 20.0. The molecule has 0 spiro atoms. The molecule has 6 nitrogen and oxygen atoms in total. The third-order valence-corrected chi connectivity index (χ3v) is 5.63. The number of phenolic OH excluding ortho intramolecular Hbond substituents is 1. The van der Waals surface area contributed by atoms with Crippen molar-refractivity contribution in [3.8, 4) is 17.0 Å². The topological polar surface area (TPSA) is 78.5 Å². The van der Waals surface area contributed by atoms with Crippen LogP contribution in [0.25, 0.3) is 11.3 Å². The van der Waals surface area contributed by atoms with Gasteiger partial charge >= 0.3 is 0 Å². The average Bonchev–Trinajstić information content (AvgIpc) is 3.44. The number of aromatic hydroxyl groups is 1. The summed E-state index contributed by atoms with van der Waals surface area (Å²) in [5, 5.41) is 17.5. The van der Waals surface area contributed by atoms with Gasteiger partial charge in [0.2, 0.25) is 0 Å². The Morgan fingerprint density at radius 3 is 2.72 bits per heavy atom. The molecule has 2 aliphatic heterocycles. The highest BCUT2D eigenvalue weighted by Crippen LogP contribution is 2.44. The van der Waals surface area contributed by atoms with Crippen molar-refractivity contribution in [2.24, 2.45) is 0 Å². The highest BCUT2D eigenvalue weighted by atomic mass is 19.1. The van der Waals surface area contributed by atoms with E-state index in [-0.39, 0.29) is 23.6 Å². The summed E-state index contributed by atoms with van der Waals surface area (Å²) >= 11 is 0. The molecule has 5 rings (SSSR count). The number of aromatic amines is 1. The second-order valence-electron chi connectivity index (χ2n) is 7.42. The first-order valence-electron chi connectivity index (χ1n) is 9.68. The molecule has 1 fully saturated rings. The van der Waals surface area contributed by atoms with Gasteiger partial charge in [-0.1, -0.05) is 24.3 Å². The van der Waals surface area contributed by atoms with Gasteiger partial charge in [0.05, 0.1) is 12.1 Å². The number of phenols is 1. The first-order chi connectivity index (χ1) is 14.1. The van der Waals surface area contributed by atoms with Gasteiger partial charge in [-0.25, -0.2) is 4.39 Å². The van der Waals surface area contributed by atoms with Gasteiger partial charge in [0.15, 0.2) is 0 Å². The molecule has 148 valence electrons. The summed E-state index contributed by atoms with van der Waals surface area (Å²) in [6.07, 6.45) is 1.86. The Morgan fingerprint density at radius 2 is 2.00 bits per heavy atom. The van der Waals surface area contributed by atoms with E-state index in [1.807, 2.05) is 6.07 Å². The summed E-state index contributed by atoms with van der Waals surface area (Å²) in [7, 11) is 0. The van der Waals surface area contributed by atoms with E-state index in [0.29, 0.717) is 35.7 Å². The molecule has 0 bridgehead atoms. The Morgan fingerprint density at radius 1 is 1.21 bits per heavy atom. The van der Waals surface area contributed by atoms with Crippen LogP contribution in [0.3, 0.4) is 0 Å². The van der Waals surface area contributed by atoms with Crippen LogP contribution in [0.5, 0.6) is 5.75 Å². The van der Waals surface area contributed by atoms with E-state index in [9.17, 15) is 14.3 Å². The first-order valence-corrected chi connectivity index (χ1v) is 9.68. The predicted octanol–water partition coefficient (Wildman–Crippen LogP) is 3.65. The van der Waals surface area contributed by atoms with Crippen LogP contribution < -0.4 is 0 Å². The highest BCUT2D eigenvalue weighted by Gasteiger charge is 2.43. The maximum Gasteiger partial charge on any atom is 0.273 e. The van der Waals surface area contributed by atoms with Crippen molar-refractivity contribution in [1.29, 1.82) is 0 Å². The number of aromatic nitrogens is 2. The number of nitrogens with one attached hydrogen (secondary N) is 1. The second kappa shape index (κ2) is 7.00. The predicted molar refractivity (Wildman–Crippen MR) is 104 cm³/mol. The lowest BCUT2D eigenvalue weighted by molar-refractivity contribution is 0.0495. The molecule has 29 heavy (non-hydrogen) atoms. The molecule has 3 heterocycles. The molecule has 0 aliphatic carbocycles. The number of fused-ring (bicyclic) bond motifs is 1. The normalized spacial score (nSPS) is 21.0. The van der Waals surface area contributed by atoms with Gasteiger partial charge in [0, 0.05) is 24.3 Å². The molecule has 2 aliphatic rings. The van der Waals surface area contributed by atoms with Crippen LogP contribution in [0.4, 0.5) is 4.39 Å². The van der Waals surface area contributed by atoms with Crippen molar-refractivity contribution in [2.75, 3.05) is 13.2 Å². The molecule has 2 atom stereocenters. The van der Waals surface area contributed by atoms with Crippen LogP contribution in [-0.2, 0) is 4.74 Å². The maximum atomic E-state index is 13.6. The molecule has 2 aromatic carbocycles. The number of amides is 1. The van der Waals surface area contributed by atoms with Crippen LogP contribution in [0, 0.1) is 5.82 Å². The molecule has 0 radical (unpaired) electrons. The summed E-state index contributed by atoms with van der Waals surface area (Å²) in [4.78, 5) is 15.0. The van der Waals surface area contributed by atoms with Crippen LogP contribution in [0.15, 0.2) is 48.5 Å². The monoisotopic (exact) mass is 393 g/mol. The number of hydrogen-bond donors (Lipinski definition) is 2. The van der Waals surface area contributed by atoms with E-state index in [1.165, 1.54) is 12.1 Å². The van der Waals surface area contributed by atoms with E-state index < -0.39 is 6.04 Å². The summed E-state index contributed by atoms with van der Waals surface area (Å²) in [5.41, 5.74) is 2.95. The fraction of sp³-hybridized carbons (Fsp3) is 0.273. The molecule has 1 saturated heterocycles. The molecule has 2 N–H and O–H groups in total. The van der Waals surface area contributed by atoms with E-state index in [4.69, 9.17) is 4.74 Å². The first kappa shape index (κ1) is 17.9. The summed E-state index contributed by atoms with van der Waals surface area (Å²) in [6, 6.07) is 12.6. The van der Waals surface area contributed by atoms with Crippen molar-refractivity contribution in [2.45, 2.75) is 25.0 Å². The number of para-hydroxylation sites is 1. The quantitative estimate of drug-likeness (QED) is 0.709. The van der Waals surface area contributed by atoms with E-state index in [2.05, 4.69) is 10.2 Å². The minimum atomic E-state index is -0.435. The summed E-state index contributed by atoms with van der Waals surface area (Å²) < 4.78 is 19.3. The van der Waals surface area contributed by atoms with Crippen LogP contribution in [0.1, 0.15) is 40.5 Å². The zero-order valence-electron chi connectivity index (χ0n) is 15.6. The van der Waals surface area contributed by atoms with Crippen molar-refractivity contribution in [3.05, 3.63) is 71.2 Å². The van der Waals surface area contributed by atoms with Crippen LogP contribution >= 0.6 is 0 Å². The van der Waals surface area contributed by atoms with Gasteiger partial charge in [0.1, 0.15) is 23.0 Å². The van der Waals surface area contributed by atoms with Gasteiger partial charge in [-0.2, -0.15) is 5.10 Å². The number of nitrogens with zero attached hydrogens (tertiary/aromatic N) is 2. The Kier molecular flexibility index (Phi) is 4.32. The van der Waals surface area contributed by atoms with E-state index in [0.717, 1.165) is 18.4 Å². The lowest BCUT2D eigenvalue weighted by Crippen LogP contribution is -2.36. The van der Waals surface area contributed by atoms with Gasteiger partial charge in [-0.05, 0) is 42.7 Å². The maximum absolute atomic E-state index is 13.6. The van der Waals surface area contributed by atoms with Crippen LogP contribution in [0.2, 0.25) is 0 Å². The third kappa shape index (κ3) is 2.98. The van der Waals surface area contributed by atoms with Gasteiger partial charge in [-0.3, -0.25) is 9.89 Å². The second-order valence-corrected chi connectivity index (χ2v) is 7.42. The zero-order valence-corrected chi connectivity index (χ0v) is 15.6. The lowest BCUT2D eigenvalue weighted by Gasteiger charge is -2.28. The summed E-state index contributed by atoms with van der Waals surface area (Å²) in [6.45, 7) is 1.15. The number of halogens is 1. The van der Waals surface area contributed by atoms with Gasteiger partial charge in [0.25, 0.3) is 5.91 Å². The molecule has 1 aromatic heterocycles. The summed E-state index contributed by atoms with van der Waals surface area (Å²) in [5.74, 6) is -0.416. The smallest absolute Gasteiger partial charge is 0.273 e. The number of ether oxygens (including phenoxy) is 1. The van der Waals surface area contributed by atoms with E-state index >= 15 is 0 Å². The number of carbonyl (C=O) groups is 1. The fourth-order valence-corrected chi connectivity index (χ4v) is 4.26. The molecule has 2 unspecified atom stereocenters. The van der Waals surface area contributed by atoms with Gasteiger partial charge in [-0.15, -0.1) is 0 Å². The standard InChI is InChI=1S/C22H20FN3O3/c23-14-9-7-13(8-10-14)21-18-19(16-5-1-2-6-17(16)27)24-25-20(18)22(28)26(21)12-15-4-3-11-29-15/h1-2,5-10,15,21,27H,3-4,11-12H2,(H,24,25). The fourth-order valence-electron chi connectivity index (χ4n) is 4.26. The molecule has 3 aromatic rings. The van der Waals surface area contributed by atoms with E-state index in [1.54, 1.807) is 35.2 Å². The minimum Gasteiger partial charge on any atom is -0.507 e. The van der Waals surface area contributed by atoms with Crippen molar-refractivity contribution < 1.29 is 19.0 Å². The van der Waals surface area contributed by atoms with Crippen molar-refractivity contribution >= 4 is 5.91 Å². The minimum absolute atomic E-state index is 0.0209. The highest BCUT2D eigenvalue weighted by molar-refractivity contribution is 6.00. The molecule has 1 amide bonds. The Hall–Kier alpha value is -3.19. The number of benzene rings is 2. The molecule has 7 heteroatoms. The van der Waals surface area contributed by atoms with Crippen molar-refractivity contribution in [1.82, 2.24) is 15.1 Å². The Bertz CT molecular complexity index is 1060. The molecular formula is C22H20FN3O3. The Labute approximate surface area is 166 Å². The van der Waals surface area contributed by atoms with Crippen molar-refractivity contribution in [3.63, 3.8) is 0 Å². The van der Waals surface area contributed by atoms with Crippen LogP contribution in [-0.4, -0.2) is 45.4 Å². The number of carbonyl (C=O) groups excluding carboxylic acids is 1. The number of hydrogen-bond acceptors (Lipinski definition) is 4. The molecule has 0 saturated carbocycles.